The number of benzene rings is 1. The lowest BCUT2D eigenvalue weighted by molar-refractivity contribution is -0.131. The van der Waals surface area contributed by atoms with Gasteiger partial charge in [-0.2, -0.15) is 5.10 Å². The fourth-order valence-electron chi connectivity index (χ4n) is 1.78. The molecule has 2 rings (SSSR count). The second kappa shape index (κ2) is 6.60. The van der Waals surface area contributed by atoms with E-state index >= 15 is 0 Å². The zero-order chi connectivity index (χ0) is 15.2. The summed E-state index contributed by atoms with van der Waals surface area (Å²) < 4.78 is 11.0. The minimum atomic E-state index is -1.01. The van der Waals surface area contributed by atoms with Crippen molar-refractivity contribution < 1.29 is 19.4 Å². The Labute approximate surface area is 122 Å². The molecule has 0 saturated heterocycles. The fourth-order valence-corrected chi connectivity index (χ4v) is 1.78. The first-order valence-corrected chi connectivity index (χ1v) is 6.34. The Kier molecular flexibility index (Phi) is 4.61. The van der Waals surface area contributed by atoms with Crippen molar-refractivity contribution in [2.45, 2.75) is 13.0 Å². The number of nitrogens with zero attached hydrogens (tertiary/aromatic N) is 1. The molecule has 0 aliphatic heterocycles. The third kappa shape index (κ3) is 3.85. The second-order valence-corrected chi connectivity index (χ2v) is 4.37. The van der Waals surface area contributed by atoms with Crippen molar-refractivity contribution in [3.63, 3.8) is 0 Å². The molecule has 0 amide bonds. The summed E-state index contributed by atoms with van der Waals surface area (Å²) >= 11 is 0. The van der Waals surface area contributed by atoms with Crippen LogP contribution in [0, 0.1) is 0 Å². The molecule has 0 aliphatic carbocycles. The van der Waals surface area contributed by atoms with Crippen LogP contribution < -0.4 is 9.47 Å². The number of hydrogen-bond acceptors (Lipinski definition) is 4. The quantitative estimate of drug-likeness (QED) is 0.798. The molecule has 1 unspecified atom stereocenters. The van der Waals surface area contributed by atoms with Crippen LogP contribution in [0.15, 0.2) is 36.7 Å². The molecule has 110 valence electrons. The van der Waals surface area contributed by atoms with Crippen LogP contribution in [0.4, 0.5) is 0 Å². The minimum absolute atomic E-state index is 0.229. The summed E-state index contributed by atoms with van der Waals surface area (Å²) in [6, 6.07) is 5.21. The van der Waals surface area contributed by atoms with E-state index in [0.29, 0.717) is 17.1 Å². The summed E-state index contributed by atoms with van der Waals surface area (Å²) in [5.41, 5.74) is 1.56. The van der Waals surface area contributed by atoms with Crippen LogP contribution in [-0.2, 0) is 4.79 Å². The lowest BCUT2D eigenvalue weighted by atomic mass is 10.1. The highest BCUT2D eigenvalue weighted by molar-refractivity contribution is 5.86. The summed E-state index contributed by atoms with van der Waals surface area (Å²) in [5, 5.41) is 15.3. The fraction of sp³-hybridized carbons (Fsp3) is 0.200. The van der Waals surface area contributed by atoms with E-state index in [2.05, 4.69) is 10.2 Å². The second-order valence-electron chi connectivity index (χ2n) is 4.37. The molecule has 2 aromatic rings. The Morgan fingerprint density at radius 3 is 2.90 bits per heavy atom. The molecule has 0 fully saturated rings. The van der Waals surface area contributed by atoms with E-state index in [1.807, 2.05) is 6.92 Å². The van der Waals surface area contributed by atoms with Gasteiger partial charge in [0.25, 0.3) is 0 Å². The summed E-state index contributed by atoms with van der Waals surface area (Å²) in [4.78, 5) is 10.7. The number of nitrogens with one attached hydrogen (secondary N) is 1. The van der Waals surface area contributed by atoms with E-state index in [4.69, 9.17) is 14.6 Å². The third-order valence-electron chi connectivity index (χ3n) is 2.92. The molecule has 2 N–H and O–H groups in total. The van der Waals surface area contributed by atoms with Gasteiger partial charge < -0.3 is 14.6 Å². The van der Waals surface area contributed by atoms with E-state index in [9.17, 15) is 4.79 Å². The summed E-state index contributed by atoms with van der Waals surface area (Å²) in [7, 11) is 1.56. The number of ether oxygens (including phenoxy) is 2. The molecule has 1 aromatic carbocycles. The van der Waals surface area contributed by atoms with Crippen molar-refractivity contribution in [2.24, 2.45) is 0 Å². The Morgan fingerprint density at radius 2 is 2.29 bits per heavy atom. The molecule has 21 heavy (non-hydrogen) atoms. The third-order valence-corrected chi connectivity index (χ3v) is 2.92. The molecule has 0 spiro atoms. The van der Waals surface area contributed by atoms with E-state index in [1.54, 1.807) is 37.7 Å². The molecule has 1 aromatic heterocycles. The van der Waals surface area contributed by atoms with E-state index in [-0.39, 0.29) is 6.10 Å². The maximum Gasteiger partial charge on any atom is 0.328 e. The lowest BCUT2D eigenvalue weighted by Gasteiger charge is -2.16. The summed E-state index contributed by atoms with van der Waals surface area (Å²) in [6.07, 6.45) is 5.75. The first-order valence-electron chi connectivity index (χ1n) is 6.34. The Hall–Kier alpha value is -2.76. The van der Waals surface area contributed by atoms with Crippen molar-refractivity contribution >= 4 is 12.0 Å². The molecule has 1 heterocycles. The molecule has 0 saturated carbocycles. The average Bonchev–Trinajstić information content (AvgIpc) is 3.00. The van der Waals surface area contributed by atoms with Crippen LogP contribution in [0.25, 0.3) is 6.08 Å². The maximum atomic E-state index is 10.7. The number of carbonyl (C=O) groups is 1. The Bertz CT molecular complexity index is 635. The SMILES string of the molecule is COc1ccc(C=CC(=O)O)c(OC(C)c2cn[nH]c2)c1. The highest BCUT2D eigenvalue weighted by Gasteiger charge is 2.11. The van der Waals surface area contributed by atoms with Crippen LogP contribution in [0.2, 0.25) is 0 Å². The van der Waals surface area contributed by atoms with Crippen molar-refractivity contribution in [3.8, 4) is 11.5 Å². The Balaban J connectivity index is 2.28. The molecule has 0 radical (unpaired) electrons. The van der Waals surface area contributed by atoms with Gasteiger partial charge in [-0.25, -0.2) is 4.79 Å². The van der Waals surface area contributed by atoms with Crippen LogP contribution in [0.3, 0.4) is 0 Å². The zero-order valence-corrected chi connectivity index (χ0v) is 11.7. The predicted molar refractivity (Wildman–Crippen MR) is 77.3 cm³/mol. The molecular weight excluding hydrogens is 272 g/mol. The summed E-state index contributed by atoms with van der Waals surface area (Å²) in [6.45, 7) is 1.88. The van der Waals surface area contributed by atoms with Crippen molar-refractivity contribution in [1.82, 2.24) is 10.2 Å². The number of hydrogen-bond donors (Lipinski definition) is 2. The molecule has 6 heteroatoms. The van der Waals surface area contributed by atoms with E-state index in [1.165, 1.54) is 6.08 Å². The smallest absolute Gasteiger partial charge is 0.328 e. The summed E-state index contributed by atoms with van der Waals surface area (Å²) in [5.74, 6) is 0.164. The van der Waals surface area contributed by atoms with Gasteiger partial charge in [0.05, 0.1) is 13.3 Å². The molecule has 6 nitrogen and oxygen atoms in total. The van der Waals surface area contributed by atoms with Gasteiger partial charge in [-0.15, -0.1) is 0 Å². The highest BCUT2D eigenvalue weighted by Crippen LogP contribution is 2.30. The number of aromatic nitrogens is 2. The lowest BCUT2D eigenvalue weighted by Crippen LogP contribution is -2.03. The van der Waals surface area contributed by atoms with Gasteiger partial charge in [0.15, 0.2) is 0 Å². The molecular formula is C15H16N2O4. The standard InChI is InChI=1S/C15H16N2O4/c1-10(12-8-16-17-9-12)21-14-7-13(20-2)5-3-11(14)4-6-15(18)19/h3-10H,1-2H3,(H,16,17)(H,18,19). The number of methoxy groups -OCH3 is 1. The van der Waals surface area contributed by atoms with Crippen LogP contribution in [0.5, 0.6) is 11.5 Å². The topological polar surface area (TPSA) is 84.4 Å². The van der Waals surface area contributed by atoms with Gasteiger partial charge in [-0.1, -0.05) is 0 Å². The van der Waals surface area contributed by atoms with Crippen LogP contribution in [0.1, 0.15) is 24.2 Å². The van der Waals surface area contributed by atoms with Crippen LogP contribution >= 0.6 is 0 Å². The van der Waals surface area contributed by atoms with Crippen molar-refractivity contribution in [2.75, 3.05) is 7.11 Å². The van der Waals surface area contributed by atoms with Gasteiger partial charge in [0.2, 0.25) is 0 Å². The number of aromatic amines is 1. The average molecular weight is 288 g/mol. The predicted octanol–water partition coefficient (Wildman–Crippen LogP) is 2.66. The van der Waals surface area contributed by atoms with E-state index < -0.39 is 5.97 Å². The van der Waals surface area contributed by atoms with Crippen molar-refractivity contribution in [1.29, 1.82) is 0 Å². The number of aliphatic carboxylic acids is 1. The normalized spacial score (nSPS) is 12.3. The first-order chi connectivity index (χ1) is 10.1. The highest BCUT2D eigenvalue weighted by atomic mass is 16.5. The Morgan fingerprint density at radius 1 is 1.48 bits per heavy atom. The van der Waals surface area contributed by atoms with Gasteiger partial charge >= 0.3 is 5.97 Å². The molecule has 1 atom stereocenters. The van der Waals surface area contributed by atoms with Gasteiger partial charge in [-0.3, -0.25) is 5.10 Å². The van der Waals surface area contributed by atoms with Crippen molar-refractivity contribution in [3.05, 3.63) is 47.8 Å². The van der Waals surface area contributed by atoms with Crippen LogP contribution in [-0.4, -0.2) is 28.4 Å². The number of carboxylic acid groups (broad SMARTS) is 1. The number of rotatable bonds is 6. The van der Waals surface area contributed by atoms with Gasteiger partial charge in [-0.05, 0) is 25.1 Å². The number of carboxylic acids is 1. The van der Waals surface area contributed by atoms with Gasteiger partial charge in [0.1, 0.15) is 17.6 Å². The molecule has 0 bridgehead atoms. The number of H-pyrrole nitrogens is 1. The van der Waals surface area contributed by atoms with E-state index in [0.717, 1.165) is 11.6 Å². The monoisotopic (exact) mass is 288 g/mol. The largest absolute Gasteiger partial charge is 0.497 e. The zero-order valence-electron chi connectivity index (χ0n) is 11.7. The minimum Gasteiger partial charge on any atom is -0.497 e. The van der Waals surface area contributed by atoms with Gasteiger partial charge in [0, 0.05) is 29.5 Å². The maximum absolute atomic E-state index is 10.7. The first kappa shape index (κ1) is 14.6. The molecule has 0 aliphatic rings.